The molecule has 0 bridgehead atoms. The van der Waals surface area contributed by atoms with E-state index in [1.54, 1.807) is 23.6 Å². The van der Waals surface area contributed by atoms with Crippen molar-refractivity contribution in [3.8, 4) is 0 Å². The van der Waals surface area contributed by atoms with Gasteiger partial charge in [0.05, 0.1) is 17.4 Å². The van der Waals surface area contributed by atoms with Crippen LogP contribution in [0.4, 0.5) is 0 Å². The average Bonchev–Trinajstić information content (AvgIpc) is 3.09. The highest BCUT2D eigenvalue weighted by atomic mass is 16.4. The number of carbonyl (C=O) groups is 2. The third-order valence-electron chi connectivity index (χ3n) is 4.07. The van der Waals surface area contributed by atoms with Crippen LogP contribution in [0.2, 0.25) is 0 Å². The summed E-state index contributed by atoms with van der Waals surface area (Å²) in [4.78, 5) is 36.0. The largest absolute Gasteiger partial charge is 0.438 e. The van der Waals surface area contributed by atoms with Crippen molar-refractivity contribution in [1.82, 2.24) is 19.8 Å². The Bertz CT molecular complexity index is 729. The summed E-state index contributed by atoms with van der Waals surface area (Å²) in [5, 5.41) is 0. The molecule has 0 aromatic carbocycles. The summed E-state index contributed by atoms with van der Waals surface area (Å²) < 4.78 is 10.3. The fraction of sp³-hybridized carbons (Fsp3) is 0.467. The third-order valence-corrected chi connectivity index (χ3v) is 4.07. The van der Waals surface area contributed by atoms with Crippen molar-refractivity contribution in [2.45, 2.75) is 26.8 Å². The zero-order chi connectivity index (χ0) is 16.6. The van der Waals surface area contributed by atoms with E-state index in [9.17, 15) is 9.59 Å². The monoisotopic (exact) mass is 318 g/mol. The quantitative estimate of drug-likeness (QED) is 0.843. The molecule has 122 valence electrons. The summed E-state index contributed by atoms with van der Waals surface area (Å²) in [6.07, 6.45) is 2.52. The number of amides is 2. The number of hydrogen-bond donors (Lipinski definition) is 0. The first-order chi connectivity index (χ1) is 11.0. The van der Waals surface area contributed by atoms with Crippen molar-refractivity contribution in [2.24, 2.45) is 0 Å². The SMILES string of the molecule is CCN(C(=O)c1ocnc1C)C1CN(C(=O)c2ocnc2C)C1. The molecule has 3 rings (SSSR count). The molecule has 1 aliphatic rings. The highest BCUT2D eigenvalue weighted by molar-refractivity contribution is 5.94. The van der Waals surface area contributed by atoms with Gasteiger partial charge in [-0.1, -0.05) is 0 Å². The van der Waals surface area contributed by atoms with Gasteiger partial charge in [0, 0.05) is 19.6 Å². The molecule has 2 aromatic heterocycles. The van der Waals surface area contributed by atoms with Crippen LogP contribution in [0.1, 0.15) is 39.4 Å². The van der Waals surface area contributed by atoms with Crippen LogP contribution >= 0.6 is 0 Å². The fourth-order valence-electron chi connectivity index (χ4n) is 2.67. The number of carbonyl (C=O) groups excluding carboxylic acids is 2. The van der Waals surface area contributed by atoms with Crippen LogP contribution in [0.25, 0.3) is 0 Å². The minimum atomic E-state index is -0.199. The van der Waals surface area contributed by atoms with Gasteiger partial charge in [0.2, 0.25) is 11.5 Å². The van der Waals surface area contributed by atoms with E-state index in [0.717, 1.165) is 0 Å². The van der Waals surface area contributed by atoms with Gasteiger partial charge in [-0.25, -0.2) is 9.97 Å². The Balaban J connectivity index is 1.65. The Morgan fingerprint density at radius 2 is 1.74 bits per heavy atom. The average molecular weight is 318 g/mol. The summed E-state index contributed by atoms with van der Waals surface area (Å²) in [5.74, 6) is 0.109. The van der Waals surface area contributed by atoms with E-state index >= 15 is 0 Å². The number of rotatable bonds is 4. The first kappa shape index (κ1) is 15.3. The van der Waals surface area contributed by atoms with Crippen LogP contribution in [-0.4, -0.2) is 57.3 Å². The Morgan fingerprint density at radius 1 is 1.17 bits per heavy atom. The Kier molecular flexibility index (Phi) is 3.89. The van der Waals surface area contributed by atoms with Crippen molar-refractivity contribution in [3.63, 3.8) is 0 Å². The van der Waals surface area contributed by atoms with Crippen LogP contribution in [0.3, 0.4) is 0 Å². The van der Waals surface area contributed by atoms with Crippen LogP contribution in [0.15, 0.2) is 21.6 Å². The van der Waals surface area contributed by atoms with Gasteiger partial charge in [-0.05, 0) is 20.8 Å². The molecular formula is C15H18N4O4. The maximum atomic E-state index is 12.5. The number of likely N-dealkylation sites (tertiary alicyclic amines) is 1. The lowest BCUT2D eigenvalue weighted by atomic mass is 10.1. The van der Waals surface area contributed by atoms with Crippen LogP contribution in [0.5, 0.6) is 0 Å². The second-order valence-corrected chi connectivity index (χ2v) is 5.49. The van der Waals surface area contributed by atoms with Gasteiger partial charge in [-0.2, -0.15) is 0 Å². The molecule has 0 N–H and O–H groups in total. The second-order valence-electron chi connectivity index (χ2n) is 5.49. The summed E-state index contributed by atoms with van der Waals surface area (Å²) >= 11 is 0. The van der Waals surface area contributed by atoms with Gasteiger partial charge in [0.15, 0.2) is 12.8 Å². The molecule has 0 aliphatic carbocycles. The van der Waals surface area contributed by atoms with Crippen molar-refractivity contribution >= 4 is 11.8 Å². The number of oxazole rings is 2. The maximum Gasteiger partial charge on any atom is 0.291 e. The van der Waals surface area contributed by atoms with Gasteiger partial charge in [-0.3, -0.25) is 9.59 Å². The molecule has 0 atom stereocenters. The summed E-state index contributed by atoms with van der Waals surface area (Å²) in [7, 11) is 0. The second kappa shape index (κ2) is 5.86. The zero-order valence-corrected chi connectivity index (χ0v) is 13.3. The van der Waals surface area contributed by atoms with Crippen molar-refractivity contribution in [2.75, 3.05) is 19.6 Å². The molecule has 0 radical (unpaired) electrons. The molecule has 1 aliphatic heterocycles. The lowest BCUT2D eigenvalue weighted by Gasteiger charge is -2.44. The first-order valence-electron chi connectivity index (χ1n) is 7.43. The molecule has 3 heterocycles. The minimum absolute atomic E-state index is 0.0378. The predicted molar refractivity (Wildman–Crippen MR) is 78.9 cm³/mol. The van der Waals surface area contributed by atoms with Gasteiger partial charge in [0.25, 0.3) is 11.8 Å². The number of nitrogens with zero attached hydrogens (tertiary/aromatic N) is 4. The molecule has 0 spiro atoms. The first-order valence-corrected chi connectivity index (χ1v) is 7.43. The van der Waals surface area contributed by atoms with E-state index in [4.69, 9.17) is 8.83 Å². The van der Waals surface area contributed by atoms with E-state index < -0.39 is 0 Å². The van der Waals surface area contributed by atoms with Crippen molar-refractivity contribution in [1.29, 1.82) is 0 Å². The molecule has 8 nitrogen and oxygen atoms in total. The van der Waals surface area contributed by atoms with Crippen molar-refractivity contribution in [3.05, 3.63) is 35.7 Å². The molecule has 2 amide bonds. The van der Waals surface area contributed by atoms with E-state index in [2.05, 4.69) is 9.97 Å². The normalized spacial score (nSPS) is 14.7. The van der Waals surface area contributed by atoms with Gasteiger partial charge in [-0.15, -0.1) is 0 Å². The lowest BCUT2D eigenvalue weighted by Crippen LogP contribution is -2.62. The highest BCUT2D eigenvalue weighted by Crippen LogP contribution is 2.21. The Hall–Kier alpha value is -2.64. The maximum absolute atomic E-state index is 12.5. The van der Waals surface area contributed by atoms with E-state index in [0.29, 0.717) is 31.0 Å². The smallest absolute Gasteiger partial charge is 0.291 e. The lowest BCUT2D eigenvalue weighted by molar-refractivity contribution is 0.0212. The molecular weight excluding hydrogens is 300 g/mol. The van der Waals surface area contributed by atoms with Gasteiger partial charge < -0.3 is 18.6 Å². The number of hydrogen-bond acceptors (Lipinski definition) is 6. The van der Waals surface area contributed by atoms with Gasteiger partial charge in [0.1, 0.15) is 0 Å². The minimum Gasteiger partial charge on any atom is -0.438 e. The number of aromatic nitrogens is 2. The van der Waals surface area contributed by atoms with Crippen LogP contribution in [-0.2, 0) is 0 Å². The molecule has 2 aromatic rings. The van der Waals surface area contributed by atoms with E-state index in [1.165, 1.54) is 12.8 Å². The third kappa shape index (κ3) is 2.60. The van der Waals surface area contributed by atoms with Crippen molar-refractivity contribution < 1.29 is 18.4 Å². The molecule has 1 saturated heterocycles. The van der Waals surface area contributed by atoms with E-state index in [1.807, 2.05) is 6.92 Å². The Labute approximate surface area is 133 Å². The number of likely N-dealkylation sites (N-methyl/N-ethyl adjacent to an activating group) is 1. The molecule has 8 heteroatoms. The molecule has 0 saturated carbocycles. The molecule has 0 unspecified atom stereocenters. The zero-order valence-electron chi connectivity index (χ0n) is 13.3. The highest BCUT2D eigenvalue weighted by Gasteiger charge is 2.39. The predicted octanol–water partition coefficient (Wildman–Crippen LogP) is 1.27. The van der Waals surface area contributed by atoms with Gasteiger partial charge >= 0.3 is 0 Å². The standard InChI is InChI=1S/C15H18N4O4/c1-4-19(15(21)13-10(3)17-8-23-13)11-5-18(6-11)14(20)12-9(2)16-7-22-12/h7-8,11H,4-6H2,1-3H3. The summed E-state index contributed by atoms with van der Waals surface area (Å²) in [6.45, 7) is 6.82. The Morgan fingerprint density at radius 3 is 2.22 bits per heavy atom. The number of aryl methyl sites for hydroxylation is 2. The topological polar surface area (TPSA) is 92.7 Å². The molecule has 23 heavy (non-hydrogen) atoms. The van der Waals surface area contributed by atoms with Crippen LogP contribution < -0.4 is 0 Å². The summed E-state index contributed by atoms with van der Waals surface area (Å²) in [6, 6.07) is -0.0378. The van der Waals surface area contributed by atoms with Crippen LogP contribution in [0, 0.1) is 13.8 Å². The summed E-state index contributed by atoms with van der Waals surface area (Å²) in [5.41, 5.74) is 1.14. The molecule has 1 fully saturated rings. The van der Waals surface area contributed by atoms with E-state index in [-0.39, 0.29) is 29.4 Å². The fourth-order valence-corrected chi connectivity index (χ4v) is 2.67.